The standard InChI is InChI=1S/C2H4O2.CH4N2O.Ca.Mg.4H/c1-2(3)4;2-1(3)4;;;;;;/h1H3,(H,3,4);(H4,2,3,4);;;;;;. The van der Waals surface area contributed by atoms with Gasteiger partial charge in [0, 0.05) is 6.92 Å². The molecule has 0 saturated carbocycles. The third kappa shape index (κ3) is 901. The van der Waals surface area contributed by atoms with Gasteiger partial charge in [-0.05, 0) is 0 Å². The van der Waals surface area contributed by atoms with E-state index >= 15 is 0 Å². The van der Waals surface area contributed by atoms with Crippen LogP contribution in [-0.4, -0.2) is 77.9 Å². The predicted molar refractivity (Wildman–Crippen MR) is 44.2 cm³/mol. The molecule has 0 saturated heterocycles. The molecular formula is C3H12CaMgN2O3. The van der Waals surface area contributed by atoms with Gasteiger partial charge in [0.2, 0.25) is 0 Å². The molecule has 5 N–H and O–H groups in total. The average molecular weight is 189 g/mol. The zero-order valence-corrected chi connectivity index (χ0v) is 4.42. The van der Waals surface area contributed by atoms with Crippen molar-refractivity contribution in [3.05, 3.63) is 0 Å². The fourth-order valence-corrected chi connectivity index (χ4v) is 0. The Bertz CT molecular complexity index is 79.7. The average Bonchev–Trinajstić information content (AvgIpc) is 1.25. The molecule has 0 fully saturated rings. The maximum atomic E-state index is 9.00. The van der Waals surface area contributed by atoms with Crippen LogP contribution in [0.3, 0.4) is 0 Å². The molecule has 5 nitrogen and oxygen atoms in total. The Morgan fingerprint density at radius 3 is 1.30 bits per heavy atom. The van der Waals surface area contributed by atoms with Gasteiger partial charge in [0.1, 0.15) is 0 Å². The fraction of sp³-hybridized carbons (Fsp3) is 0.333. The molecule has 2 amide bonds. The summed E-state index contributed by atoms with van der Waals surface area (Å²) in [7, 11) is 0. The van der Waals surface area contributed by atoms with E-state index in [-0.39, 0.29) is 60.8 Å². The number of amides is 2. The number of hydrogen-bond donors (Lipinski definition) is 3. The summed E-state index contributed by atoms with van der Waals surface area (Å²) in [6.07, 6.45) is 0. The van der Waals surface area contributed by atoms with Crippen molar-refractivity contribution in [1.82, 2.24) is 0 Å². The second-order valence-electron chi connectivity index (χ2n) is 0.921. The van der Waals surface area contributed by atoms with Crippen molar-refractivity contribution in [3.8, 4) is 0 Å². The van der Waals surface area contributed by atoms with Crippen LogP contribution in [0, 0.1) is 0 Å². The maximum Gasteiger partial charge on any atom is 0.316 e. The first kappa shape index (κ1) is 22.4. The number of carbonyl (C=O) groups excluding carboxylic acids is 1. The van der Waals surface area contributed by atoms with Gasteiger partial charge in [-0.2, -0.15) is 0 Å². The molecule has 0 aromatic heterocycles. The Morgan fingerprint density at radius 1 is 1.30 bits per heavy atom. The molecular weight excluding hydrogens is 176 g/mol. The number of carboxylic acids is 1. The molecule has 10 heavy (non-hydrogen) atoms. The molecule has 56 valence electrons. The largest absolute Gasteiger partial charge is 0.316 e. The summed E-state index contributed by atoms with van der Waals surface area (Å²) in [4.78, 5) is 18.0. The second-order valence-corrected chi connectivity index (χ2v) is 0.921. The number of primary amides is 2. The van der Waals surface area contributed by atoms with E-state index in [1.165, 1.54) is 0 Å². The van der Waals surface area contributed by atoms with Gasteiger partial charge in [0.15, 0.2) is 0 Å². The number of carbonyl (C=O) groups is 2. The second kappa shape index (κ2) is 16.4. The van der Waals surface area contributed by atoms with Crippen LogP contribution in [0.4, 0.5) is 4.79 Å². The van der Waals surface area contributed by atoms with Gasteiger partial charge in [0.05, 0.1) is 0 Å². The Morgan fingerprint density at radius 2 is 1.30 bits per heavy atom. The van der Waals surface area contributed by atoms with Crippen LogP contribution in [0.25, 0.3) is 0 Å². The van der Waals surface area contributed by atoms with E-state index in [0.29, 0.717) is 0 Å². The van der Waals surface area contributed by atoms with Crippen molar-refractivity contribution >= 4 is 72.8 Å². The summed E-state index contributed by atoms with van der Waals surface area (Å²) in [5.41, 5.74) is 8.50. The number of rotatable bonds is 0. The number of aliphatic carboxylic acids is 1. The monoisotopic (exact) mass is 188 g/mol. The van der Waals surface area contributed by atoms with Crippen LogP contribution >= 0.6 is 0 Å². The van der Waals surface area contributed by atoms with Gasteiger partial charge in [-0.1, -0.05) is 0 Å². The first-order valence-electron chi connectivity index (χ1n) is 1.71. The topological polar surface area (TPSA) is 106 Å². The van der Waals surface area contributed by atoms with Crippen molar-refractivity contribution in [2.45, 2.75) is 6.92 Å². The normalized spacial score (nSPS) is 4.90. The molecule has 0 aromatic carbocycles. The summed E-state index contributed by atoms with van der Waals surface area (Å²) in [6.45, 7) is 1.08. The number of nitrogens with two attached hydrogens (primary N) is 2. The molecule has 0 bridgehead atoms. The maximum absolute atomic E-state index is 9.00. The van der Waals surface area contributed by atoms with Gasteiger partial charge in [0.25, 0.3) is 5.97 Å². The summed E-state index contributed by atoms with van der Waals surface area (Å²) < 4.78 is 0. The van der Waals surface area contributed by atoms with E-state index in [1.807, 2.05) is 0 Å². The first-order valence-corrected chi connectivity index (χ1v) is 1.71. The van der Waals surface area contributed by atoms with Crippen molar-refractivity contribution in [2.75, 3.05) is 0 Å². The molecule has 0 spiro atoms. The third-order valence-corrected chi connectivity index (χ3v) is 0. The summed E-state index contributed by atoms with van der Waals surface area (Å²) in [5.74, 6) is -0.833. The van der Waals surface area contributed by atoms with Crippen LogP contribution in [0.5, 0.6) is 0 Å². The quantitative estimate of drug-likeness (QED) is 0.360. The van der Waals surface area contributed by atoms with Crippen LogP contribution < -0.4 is 11.5 Å². The molecule has 0 aromatic rings. The number of urea groups is 1. The van der Waals surface area contributed by atoms with E-state index in [1.54, 1.807) is 0 Å². The number of hydrogen-bond acceptors (Lipinski definition) is 2. The van der Waals surface area contributed by atoms with E-state index < -0.39 is 12.0 Å². The Kier molecular flexibility index (Phi) is 36.8. The molecule has 0 aliphatic carbocycles. The van der Waals surface area contributed by atoms with Gasteiger partial charge in [-0.15, -0.1) is 0 Å². The van der Waals surface area contributed by atoms with Gasteiger partial charge >= 0.3 is 66.8 Å². The van der Waals surface area contributed by atoms with Gasteiger partial charge in [-0.25, -0.2) is 4.79 Å². The Labute approximate surface area is 105 Å². The minimum Gasteiger partial charge on any atom is 0.316 e. The van der Waals surface area contributed by atoms with Crippen molar-refractivity contribution in [3.63, 3.8) is 0 Å². The molecule has 0 atom stereocenters. The fourth-order valence-electron chi connectivity index (χ4n) is 0. The van der Waals surface area contributed by atoms with E-state index in [4.69, 9.17) is 14.7 Å². The molecule has 0 heterocycles. The molecule has 0 aliphatic rings. The van der Waals surface area contributed by atoms with E-state index in [9.17, 15) is 0 Å². The Balaban J connectivity index is -0.0000000300. The summed E-state index contributed by atoms with van der Waals surface area (Å²) in [5, 5.41) is 7.42. The SMILES string of the molecule is CC(=O)O.NC(N)=O.[CaH2].[MgH2]. The molecule has 0 radical (unpaired) electrons. The van der Waals surface area contributed by atoms with E-state index in [0.717, 1.165) is 6.92 Å². The van der Waals surface area contributed by atoms with Gasteiger partial charge in [-0.3, -0.25) is 4.79 Å². The summed E-state index contributed by atoms with van der Waals surface area (Å²) in [6, 6.07) is -0.833. The zero-order valence-electron chi connectivity index (χ0n) is 4.42. The van der Waals surface area contributed by atoms with Crippen LogP contribution in [-0.2, 0) is 4.79 Å². The number of carboxylic acid groups (broad SMARTS) is 1. The zero-order chi connectivity index (χ0) is 7.15. The predicted octanol–water partition coefficient (Wildman–Crippen LogP) is -2.72. The first-order chi connectivity index (χ1) is 3.46. The van der Waals surface area contributed by atoms with E-state index in [2.05, 4.69) is 11.5 Å². The van der Waals surface area contributed by atoms with Crippen molar-refractivity contribution in [2.24, 2.45) is 11.5 Å². The molecule has 7 heteroatoms. The molecule has 0 aliphatic heterocycles. The van der Waals surface area contributed by atoms with Gasteiger partial charge < -0.3 is 16.6 Å². The van der Waals surface area contributed by atoms with Crippen molar-refractivity contribution < 1.29 is 14.7 Å². The minimum atomic E-state index is -0.833. The van der Waals surface area contributed by atoms with Crippen molar-refractivity contribution in [1.29, 1.82) is 0 Å². The smallest absolute Gasteiger partial charge is 0.316 e. The van der Waals surface area contributed by atoms with Crippen LogP contribution in [0.2, 0.25) is 0 Å². The molecule has 0 rings (SSSR count). The van der Waals surface area contributed by atoms with Crippen LogP contribution in [0.1, 0.15) is 6.92 Å². The third-order valence-electron chi connectivity index (χ3n) is 0. The summed E-state index contributed by atoms with van der Waals surface area (Å²) >= 11 is 0. The van der Waals surface area contributed by atoms with Crippen LogP contribution in [0.15, 0.2) is 0 Å². The molecule has 0 unspecified atom stereocenters. The minimum absolute atomic E-state index is 0. The Hall–Kier alpha value is 0.766.